The number of benzene rings is 3. The summed E-state index contributed by atoms with van der Waals surface area (Å²) in [6.07, 6.45) is 0.773. The van der Waals surface area contributed by atoms with Crippen LogP contribution in [0.3, 0.4) is 0 Å². The fourth-order valence-electron chi connectivity index (χ4n) is 4.13. The van der Waals surface area contributed by atoms with Gasteiger partial charge in [-0.15, -0.1) is 0 Å². The molecule has 0 aliphatic carbocycles. The topological polar surface area (TPSA) is 69.7 Å². The minimum atomic E-state index is -0.759. The van der Waals surface area contributed by atoms with Crippen LogP contribution in [0.25, 0.3) is 10.8 Å². The first-order valence-corrected chi connectivity index (χ1v) is 11.1. The zero-order valence-electron chi connectivity index (χ0n) is 18.7. The Kier molecular flexibility index (Phi) is 6.40. The lowest BCUT2D eigenvalue weighted by Gasteiger charge is -2.30. The van der Waals surface area contributed by atoms with Gasteiger partial charge in [-0.05, 0) is 48.6 Å². The van der Waals surface area contributed by atoms with Crippen molar-refractivity contribution < 1.29 is 18.8 Å². The first-order valence-electron chi connectivity index (χ1n) is 11.1. The van der Waals surface area contributed by atoms with Gasteiger partial charge in [0.2, 0.25) is 11.8 Å². The summed E-state index contributed by atoms with van der Waals surface area (Å²) in [5, 5.41) is 4.59. The molecule has 0 saturated heterocycles. The highest BCUT2D eigenvalue weighted by Gasteiger charge is 2.34. The van der Waals surface area contributed by atoms with E-state index < -0.39 is 6.04 Å². The van der Waals surface area contributed by atoms with Crippen LogP contribution in [0.5, 0.6) is 0 Å². The molecule has 3 amide bonds. The summed E-state index contributed by atoms with van der Waals surface area (Å²) in [7, 11) is 0. The van der Waals surface area contributed by atoms with Gasteiger partial charge >= 0.3 is 0 Å². The highest BCUT2D eigenvalue weighted by atomic mass is 19.1. The highest BCUT2D eigenvalue weighted by Crippen LogP contribution is 2.37. The van der Waals surface area contributed by atoms with Crippen molar-refractivity contribution in [2.75, 3.05) is 18.0 Å². The molecule has 0 fully saturated rings. The molecule has 0 spiro atoms. The standard InChI is InChI=1S/C26H26FN3O3/c1-3-14-28-25(32)17(2)29(15-18-10-12-20(27)13-11-18)23(31)16-30-22-9-5-7-19-6-4-8-21(24(19)22)26(30)33/h4-13,17H,3,14-16H2,1-2H3,(H,28,32)/t17-/m1/s1. The summed E-state index contributed by atoms with van der Waals surface area (Å²) < 4.78 is 13.4. The molecular formula is C26H26FN3O3. The Morgan fingerprint density at radius 3 is 2.45 bits per heavy atom. The highest BCUT2D eigenvalue weighted by molar-refractivity contribution is 6.26. The fourth-order valence-corrected chi connectivity index (χ4v) is 4.13. The van der Waals surface area contributed by atoms with Gasteiger partial charge in [-0.3, -0.25) is 19.3 Å². The second-order valence-electron chi connectivity index (χ2n) is 8.19. The monoisotopic (exact) mass is 447 g/mol. The minimum Gasteiger partial charge on any atom is -0.354 e. The van der Waals surface area contributed by atoms with Crippen molar-refractivity contribution in [1.29, 1.82) is 0 Å². The van der Waals surface area contributed by atoms with E-state index in [-0.39, 0.29) is 36.6 Å². The van der Waals surface area contributed by atoms with Crippen LogP contribution < -0.4 is 10.2 Å². The molecule has 3 aromatic carbocycles. The zero-order valence-corrected chi connectivity index (χ0v) is 18.7. The van der Waals surface area contributed by atoms with E-state index in [2.05, 4.69) is 5.32 Å². The smallest absolute Gasteiger partial charge is 0.259 e. The van der Waals surface area contributed by atoms with E-state index in [0.717, 1.165) is 17.2 Å². The van der Waals surface area contributed by atoms with Crippen LogP contribution >= 0.6 is 0 Å². The average molecular weight is 448 g/mol. The van der Waals surface area contributed by atoms with Crippen LogP contribution in [-0.2, 0) is 16.1 Å². The molecule has 0 saturated carbocycles. The number of hydrogen-bond acceptors (Lipinski definition) is 3. The van der Waals surface area contributed by atoms with Gasteiger partial charge in [0.25, 0.3) is 5.91 Å². The lowest BCUT2D eigenvalue weighted by Crippen LogP contribution is -2.51. The zero-order chi connectivity index (χ0) is 23.5. The van der Waals surface area contributed by atoms with E-state index >= 15 is 0 Å². The summed E-state index contributed by atoms with van der Waals surface area (Å²) in [5.74, 6) is -1.25. The van der Waals surface area contributed by atoms with Gasteiger partial charge in [0.1, 0.15) is 18.4 Å². The maximum atomic E-state index is 13.5. The molecular weight excluding hydrogens is 421 g/mol. The van der Waals surface area contributed by atoms with Gasteiger partial charge in [0.15, 0.2) is 0 Å². The predicted molar refractivity (Wildman–Crippen MR) is 125 cm³/mol. The van der Waals surface area contributed by atoms with Gasteiger partial charge in [-0.25, -0.2) is 4.39 Å². The molecule has 1 N–H and O–H groups in total. The summed E-state index contributed by atoms with van der Waals surface area (Å²) in [4.78, 5) is 42.2. The molecule has 0 bridgehead atoms. The van der Waals surface area contributed by atoms with Crippen molar-refractivity contribution >= 4 is 34.2 Å². The van der Waals surface area contributed by atoms with Crippen LogP contribution in [0.15, 0.2) is 60.7 Å². The first kappa shape index (κ1) is 22.5. The largest absolute Gasteiger partial charge is 0.354 e. The first-order chi connectivity index (χ1) is 15.9. The van der Waals surface area contributed by atoms with Gasteiger partial charge in [-0.2, -0.15) is 0 Å². The number of halogens is 1. The number of hydrogen-bond donors (Lipinski definition) is 1. The maximum Gasteiger partial charge on any atom is 0.259 e. The van der Waals surface area contributed by atoms with Crippen LogP contribution in [0.2, 0.25) is 0 Å². The Hall–Kier alpha value is -3.74. The number of carbonyl (C=O) groups is 3. The molecule has 4 rings (SSSR count). The molecule has 0 aromatic heterocycles. The molecule has 6 nitrogen and oxygen atoms in total. The quantitative estimate of drug-likeness (QED) is 0.570. The van der Waals surface area contributed by atoms with Crippen molar-refractivity contribution in [3.05, 3.63) is 77.6 Å². The molecule has 0 unspecified atom stereocenters. The van der Waals surface area contributed by atoms with Gasteiger partial charge < -0.3 is 10.2 Å². The summed E-state index contributed by atoms with van der Waals surface area (Å²) in [6.45, 7) is 4.04. The molecule has 1 heterocycles. The third-order valence-corrected chi connectivity index (χ3v) is 5.93. The molecule has 33 heavy (non-hydrogen) atoms. The van der Waals surface area contributed by atoms with Crippen molar-refractivity contribution in [2.45, 2.75) is 32.9 Å². The molecule has 1 aliphatic heterocycles. The third-order valence-electron chi connectivity index (χ3n) is 5.93. The lowest BCUT2D eigenvalue weighted by molar-refractivity contribution is -0.139. The Bertz CT molecular complexity index is 1200. The maximum absolute atomic E-state index is 13.5. The molecule has 7 heteroatoms. The number of amides is 3. The normalized spacial score (nSPS) is 13.3. The van der Waals surface area contributed by atoms with E-state index in [1.807, 2.05) is 37.3 Å². The Morgan fingerprint density at radius 2 is 1.76 bits per heavy atom. The van der Waals surface area contributed by atoms with Crippen molar-refractivity contribution in [3.63, 3.8) is 0 Å². The molecule has 1 aliphatic rings. The van der Waals surface area contributed by atoms with E-state index in [0.29, 0.717) is 23.4 Å². The number of carbonyl (C=O) groups excluding carboxylic acids is 3. The van der Waals surface area contributed by atoms with Crippen molar-refractivity contribution in [1.82, 2.24) is 10.2 Å². The number of anilines is 1. The second-order valence-corrected chi connectivity index (χ2v) is 8.19. The van der Waals surface area contributed by atoms with Crippen LogP contribution in [0.1, 0.15) is 36.2 Å². The summed E-state index contributed by atoms with van der Waals surface area (Å²) >= 11 is 0. The van der Waals surface area contributed by atoms with Gasteiger partial charge in [-0.1, -0.05) is 43.3 Å². The van der Waals surface area contributed by atoms with E-state index in [1.165, 1.54) is 21.9 Å². The van der Waals surface area contributed by atoms with Crippen LogP contribution in [-0.4, -0.2) is 41.8 Å². The SMILES string of the molecule is CCCNC(=O)[C@@H](C)N(Cc1ccc(F)cc1)C(=O)CN1C(=O)c2cccc3cccc1c23. The number of nitrogens with zero attached hydrogens (tertiary/aromatic N) is 2. The Balaban J connectivity index is 1.61. The van der Waals surface area contributed by atoms with Crippen molar-refractivity contribution in [3.8, 4) is 0 Å². The van der Waals surface area contributed by atoms with E-state index in [1.54, 1.807) is 25.1 Å². The number of nitrogens with one attached hydrogen (secondary N) is 1. The number of rotatable bonds is 8. The average Bonchev–Trinajstić information content (AvgIpc) is 3.09. The Morgan fingerprint density at radius 1 is 1.06 bits per heavy atom. The third kappa shape index (κ3) is 4.44. The predicted octanol–water partition coefficient (Wildman–Crippen LogP) is 3.88. The minimum absolute atomic E-state index is 0.124. The molecule has 1 atom stereocenters. The second kappa shape index (κ2) is 9.40. The van der Waals surface area contributed by atoms with Gasteiger partial charge in [0, 0.05) is 24.0 Å². The molecule has 170 valence electrons. The molecule has 3 aromatic rings. The molecule has 0 radical (unpaired) electrons. The lowest BCUT2D eigenvalue weighted by atomic mass is 10.1. The van der Waals surface area contributed by atoms with E-state index in [9.17, 15) is 18.8 Å². The fraction of sp³-hybridized carbons (Fsp3) is 0.269. The van der Waals surface area contributed by atoms with Gasteiger partial charge in [0.05, 0.1) is 5.69 Å². The summed E-state index contributed by atoms with van der Waals surface area (Å²) in [5.41, 5.74) is 1.94. The van der Waals surface area contributed by atoms with Crippen LogP contribution in [0.4, 0.5) is 10.1 Å². The van der Waals surface area contributed by atoms with Crippen molar-refractivity contribution in [2.24, 2.45) is 0 Å². The van der Waals surface area contributed by atoms with E-state index in [4.69, 9.17) is 0 Å². The van der Waals surface area contributed by atoms with Crippen LogP contribution in [0, 0.1) is 5.82 Å². The summed E-state index contributed by atoms with van der Waals surface area (Å²) in [6, 6.07) is 16.2. The Labute approximate surface area is 192 Å².